The minimum Gasteiger partial charge on any atom is -0.359 e. The van der Waals surface area contributed by atoms with Crippen LogP contribution in [-0.2, 0) is 10.0 Å². The van der Waals surface area contributed by atoms with E-state index < -0.39 is 10.0 Å². The van der Waals surface area contributed by atoms with Crippen molar-refractivity contribution in [3.05, 3.63) is 35.7 Å². The number of benzene rings is 1. The Labute approximate surface area is 190 Å². The Morgan fingerprint density at radius 2 is 2.19 bits per heavy atom. The summed E-state index contributed by atoms with van der Waals surface area (Å²) in [4.78, 5) is 16.8. The van der Waals surface area contributed by atoms with Gasteiger partial charge in [0, 0.05) is 25.2 Å². The number of rotatable bonds is 6. The summed E-state index contributed by atoms with van der Waals surface area (Å²) in [6.07, 6.45) is 3.64. The summed E-state index contributed by atoms with van der Waals surface area (Å²) < 4.78 is 31.9. The number of nitrogens with zero attached hydrogens (tertiary/aromatic N) is 3. The monoisotopic (exact) mass is 475 g/mol. The van der Waals surface area contributed by atoms with E-state index >= 15 is 0 Å². The van der Waals surface area contributed by atoms with Crippen LogP contribution in [0.5, 0.6) is 0 Å². The Balaban J connectivity index is 1.18. The highest BCUT2D eigenvalue weighted by atomic mass is 32.2. The van der Waals surface area contributed by atoms with Crippen LogP contribution in [0, 0.1) is 12.8 Å². The molecule has 1 aliphatic carbocycles. The Morgan fingerprint density at radius 1 is 1.31 bits per heavy atom. The number of carbonyl (C=O) groups is 1. The number of nitrogens with one attached hydrogen (secondary N) is 2. The molecule has 2 aliphatic rings. The second kappa shape index (κ2) is 8.36. The normalized spacial score (nSPS) is 22.5. The predicted molar refractivity (Wildman–Crippen MR) is 124 cm³/mol. The van der Waals surface area contributed by atoms with Crippen LogP contribution in [-0.4, -0.2) is 49.3 Å². The van der Waals surface area contributed by atoms with Gasteiger partial charge in [0.25, 0.3) is 5.91 Å². The van der Waals surface area contributed by atoms with Gasteiger partial charge in [-0.3, -0.25) is 9.10 Å². The van der Waals surface area contributed by atoms with Crippen molar-refractivity contribution in [2.24, 2.45) is 5.92 Å². The molecule has 1 amide bonds. The third-order valence-corrected chi connectivity index (χ3v) is 8.85. The molecule has 2 aromatic heterocycles. The molecule has 2 N–H and O–H groups in total. The van der Waals surface area contributed by atoms with E-state index in [1.54, 1.807) is 24.3 Å². The number of hydrogen-bond donors (Lipinski definition) is 2. The molecule has 9 nitrogen and oxygen atoms in total. The van der Waals surface area contributed by atoms with Crippen LogP contribution in [0.15, 0.2) is 28.8 Å². The third-order valence-electron chi connectivity index (χ3n) is 6.03. The molecule has 0 bridgehead atoms. The van der Waals surface area contributed by atoms with E-state index in [0.717, 1.165) is 34.6 Å². The number of thiazole rings is 1. The topological polar surface area (TPSA) is 117 Å². The first kappa shape index (κ1) is 21.2. The highest BCUT2D eigenvalue weighted by molar-refractivity contribution is 7.93. The summed E-state index contributed by atoms with van der Waals surface area (Å²) in [6, 6.07) is 7.56. The van der Waals surface area contributed by atoms with Crippen LogP contribution in [0.4, 0.5) is 10.8 Å². The SMILES string of the molecule is Cc1cc(C(=O)NCC2CCC(Nc3nc4ccc(N5CCCS5(=O)=O)cc4s3)C2)on1. The molecule has 0 spiro atoms. The van der Waals surface area contributed by atoms with Gasteiger partial charge in [-0.2, -0.15) is 0 Å². The molecule has 1 saturated carbocycles. The van der Waals surface area contributed by atoms with Crippen molar-refractivity contribution >= 4 is 48.3 Å². The van der Waals surface area contributed by atoms with Crippen LogP contribution in [0.25, 0.3) is 10.2 Å². The number of carbonyl (C=O) groups excluding carboxylic acids is 1. The average molecular weight is 476 g/mol. The average Bonchev–Trinajstić information content (AvgIpc) is 3.52. The lowest BCUT2D eigenvalue weighted by atomic mass is 10.1. The van der Waals surface area contributed by atoms with E-state index in [2.05, 4.69) is 20.8 Å². The Morgan fingerprint density at radius 3 is 2.94 bits per heavy atom. The maximum atomic E-state index is 12.2. The maximum absolute atomic E-state index is 12.2. The lowest BCUT2D eigenvalue weighted by Crippen LogP contribution is -2.28. The zero-order chi connectivity index (χ0) is 22.3. The molecule has 1 saturated heterocycles. The molecule has 0 radical (unpaired) electrons. The molecular weight excluding hydrogens is 450 g/mol. The van der Waals surface area contributed by atoms with E-state index in [1.807, 2.05) is 18.2 Å². The molecule has 170 valence electrons. The van der Waals surface area contributed by atoms with Gasteiger partial charge in [0.15, 0.2) is 5.13 Å². The fraction of sp³-hybridized carbons (Fsp3) is 0.476. The molecular formula is C21H25N5O4S2. The summed E-state index contributed by atoms with van der Waals surface area (Å²) >= 11 is 1.54. The minimum atomic E-state index is -3.19. The van der Waals surface area contributed by atoms with Gasteiger partial charge in [-0.25, -0.2) is 13.4 Å². The van der Waals surface area contributed by atoms with Crippen LogP contribution in [0.1, 0.15) is 41.9 Å². The van der Waals surface area contributed by atoms with Crippen molar-refractivity contribution in [1.82, 2.24) is 15.5 Å². The summed E-state index contributed by atoms with van der Waals surface area (Å²) in [7, 11) is -3.19. The predicted octanol–water partition coefficient (Wildman–Crippen LogP) is 3.14. The number of sulfonamides is 1. The molecule has 5 rings (SSSR count). The van der Waals surface area contributed by atoms with Crippen molar-refractivity contribution < 1.29 is 17.7 Å². The molecule has 2 fully saturated rings. The van der Waals surface area contributed by atoms with Crippen LogP contribution in [0.3, 0.4) is 0 Å². The van der Waals surface area contributed by atoms with Gasteiger partial charge in [-0.15, -0.1) is 0 Å². The Bertz CT molecular complexity index is 1250. The summed E-state index contributed by atoms with van der Waals surface area (Å²) in [6.45, 7) is 2.92. The third kappa shape index (κ3) is 4.31. The zero-order valence-electron chi connectivity index (χ0n) is 17.7. The zero-order valence-corrected chi connectivity index (χ0v) is 19.3. The number of anilines is 2. The number of amides is 1. The molecule has 2 unspecified atom stereocenters. The van der Waals surface area contributed by atoms with Gasteiger partial charge in [0.2, 0.25) is 15.8 Å². The van der Waals surface area contributed by atoms with E-state index in [9.17, 15) is 13.2 Å². The van der Waals surface area contributed by atoms with Gasteiger partial charge in [0.05, 0.1) is 27.4 Å². The van der Waals surface area contributed by atoms with E-state index in [-0.39, 0.29) is 17.4 Å². The van der Waals surface area contributed by atoms with Crippen molar-refractivity contribution in [2.45, 2.75) is 38.6 Å². The molecule has 3 heterocycles. The Kier molecular flexibility index (Phi) is 5.54. The van der Waals surface area contributed by atoms with Gasteiger partial charge in [-0.05, 0) is 56.7 Å². The molecule has 1 aromatic carbocycles. The second-order valence-electron chi connectivity index (χ2n) is 8.48. The van der Waals surface area contributed by atoms with E-state index in [4.69, 9.17) is 4.52 Å². The molecule has 2 atom stereocenters. The van der Waals surface area contributed by atoms with E-state index in [0.29, 0.717) is 42.9 Å². The van der Waals surface area contributed by atoms with Gasteiger partial charge >= 0.3 is 0 Å². The fourth-order valence-corrected chi connectivity index (χ4v) is 6.95. The van der Waals surface area contributed by atoms with Crippen LogP contribution < -0.4 is 14.9 Å². The smallest absolute Gasteiger partial charge is 0.289 e. The summed E-state index contributed by atoms with van der Waals surface area (Å²) in [5, 5.41) is 11.0. The van der Waals surface area contributed by atoms with Crippen LogP contribution >= 0.6 is 11.3 Å². The standard InChI is InChI=1S/C21H25N5O4S2/c1-13-9-18(30-25-13)20(27)22-12-14-3-4-15(10-14)23-21-24-17-6-5-16(11-19(17)31-21)26-7-2-8-32(26,28)29/h5-6,9,11,14-15H,2-4,7-8,10,12H2,1H3,(H,22,27)(H,23,24). The summed E-state index contributed by atoms with van der Waals surface area (Å²) in [5.74, 6) is 0.610. The molecule has 3 aromatic rings. The van der Waals surface area contributed by atoms with Crippen molar-refractivity contribution in [3.63, 3.8) is 0 Å². The van der Waals surface area contributed by atoms with Crippen molar-refractivity contribution in [2.75, 3.05) is 28.5 Å². The maximum Gasteiger partial charge on any atom is 0.289 e. The number of aromatic nitrogens is 2. The first-order chi connectivity index (χ1) is 15.4. The lowest BCUT2D eigenvalue weighted by Gasteiger charge is -2.16. The highest BCUT2D eigenvalue weighted by Crippen LogP contribution is 2.34. The van der Waals surface area contributed by atoms with Gasteiger partial charge in [-0.1, -0.05) is 16.5 Å². The number of hydrogen-bond acceptors (Lipinski definition) is 8. The largest absolute Gasteiger partial charge is 0.359 e. The number of fused-ring (bicyclic) bond motifs is 1. The van der Waals surface area contributed by atoms with Gasteiger partial charge < -0.3 is 15.2 Å². The molecule has 1 aliphatic heterocycles. The Hall–Kier alpha value is -2.66. The van der Waals surface area contributed by atoms with Crippen LogP contribution in [0.2, 0.25) is 0 Å². The van der Waals surface area contributed by atoms with Gasteiger partial charge in [0.1, 0.15) is 0 Å². The van der Waals surface area contributed by atoms with Crippen molar-refractivity contribution in [1.29, 1.82) is 0 Å². The van der Waals surface area contributed by atoms with Crippen molar-refractivity contribution in [3.8, 4) is 0 Å². The minimum absolute atomic E-state index is 0.210. The lowest BCUT2D eigenvalue weighted by molar-refractivity contribution is 0.0910. The van der Waals surface area contributed by atoms with E-state index in [1.165, 1.54) is 4.31 Å². The fourth-order valence-electron chi connectivity index (χ4n) is 4.42. The molecule has 11 heteroatoms. The highest BCUT2D eigenvalue weighted by Gasteiger charge is 2.29. The molecule has 32 heavy (non-hydrogen) atoms. The first-order valence-corrected chi connectivity index (χ1v) is 13.2. The number of aryl methyl sites for hydroxylation is 1. The first-order valence-electron chi connectivity index (χ1n) is 10.8. The summed E-state index contributed by atoms with van der Waals surface area (Å²) in [5.41, 5.74) is 2.26. The quantitative estimate of drug-likeness (QED) is 0.562. The second-order valence-corrected chi connectivity index (χ2v) is 11.5.